The highest BCUT2D eigenvalue weighted by Crippen LogP contribution is 2.45. The van der Waals surface area contributed by atoms with Crippen LogP contribution in [0.4, 0.5) is 0 Å². The van der Waals surface area contributed by atoms with E-state index in [9.17, 15) is 0 Å². The summed E-state index contributed by atoms with van der Waals surface area (Å²) in [6.07, 6.45) is 8.39. The van der Waals surface area contributed by atoms with Crippen LogP contribution in [0.5, 0.6) is 0 Å². The van der Waals surface area contributed by atoms with E-state index >= 15 is 0 Å². The highest BCUT2D eigenvalue weighted by atomic mass is 32.1. The molecule has 0 unspecified atom stereocenters. The summed E-state index contributed by atoms with van der Waals surface area (Å²) < 4.78 is 0. The SMILES string of the molecule is C=C=C=C=C=Cc1cc(C)sc1-c1ccc(-c2ccc(-c3sc(C)cc3CCCCCC)s2)s1. The Morgan fingerprint density at radius 3 is 2.12 bits per heavy atom. The number of unbranched alkanes of at least 4 members (excludes halogenated alkanes) is 3. The van der Waals surface area contributed by atoms with E-state index in [2.05, 4.69) is 86.7 Å². The molecule has 172 valence electrons. The van der Waals surface area contributed by atoms with E-state index in [-0.39, 0.29) is 0 Å². The molecule has 4 rings (SSSR count). The van der Waals surface area contributed by atoms with Crippen molar-refractivity contribution in [2.75, 3.05) is 0 Å². The first-order valence-electron chi connectivity index (χ1n) is 11.6. The van der Waals surface area contributed by atoms with Crippen LogP contribution in [0.1, 0.15) is 53.5 Å². The standard InChI is InChI=1S/C30H28S4/c1-5-7-9-11-13-23-19-21(3)31-29(23)27-17-15-25(33-27)26-16-18-28(34-26)30-24(20-22(4)32-30)14-12-10-8-6-2/h13,15-20H,1,6,8,10,12,14H2,2-4H3. The van der Waals surface area contributed by atoms with Gasteiger partial charge in [0, 0.05) is 39.7 Å². The van der Waals surface area contributed by atoms with Crippen molar-refractivity contribution in [3.63, 3.8) is 0 Å². The third-order valence-corrected chi connectivity index (χ3v) is 10.4. The second kappa shape index (κ2) is 11.9. The van der Waals surface area contributed by atoms with E-state index in [1.807, 2.05) is 51.4 Å². The molecule has 0 saturated carbocycles. The molecule has 0 fully saturated rings. The highest BCUT2D eigenvalue weighted by Gasteiger charge is 2.15. The van der Waals surface area contributed by atoms with E-state index < -0.39 is 0 Å². The molecule has 0 saturated heterocycles. The van der Waals surface area contributed by atoms with Crippen molar-refractivity contribution in [2.45, 2.75) is 52.9 Å². The summed E-state index contributed by atoms with van der Waals surface area (Å²) in [4.78, 5) is 10.8. The zero-order chi connectivity index (χ0) is 23.9. The molecule has 0 spiro atoms. The van der Waals surface area contributed by atoms with E-state index in [4.69, 9.17) is 0 Å². The Morgan fingerprint density at radius 2 is 1.41 bits per heavy atom. The topological polar surface area (TPSA) is 0 Å². The lowest BCUT2D eigenvalue weighted by molar-refractivity contribution is 0.668. The Kier molecular flexibility index (Phi) is 8.65. The van der Waals surface area contributed by atoms with Crippen LogP contribution in [0.25, 0.3) is 35.3 Å². The first-order valence-corrected chi connectivity index (χ1v) is 14.9. The summed E-state index contributed by atoms with van der Waals surface area (Å²) >= 11 is 7.55. The molecule has 4 heterocycles. The van der Waals surface area contributed by atoms with Crippen molar-refractivity contribution in [1.82, 2.24) is 0 Å². The molecule has 0 N–H and O–H groups in total. The minimum Gasteiger partial charge on any atom is -0.139 e. The van der Waals surface area contributed by atoms with Gasteiger partial charge in [-0.15, -0.1) is 45.3 Å². The fourth-order valence-corrected chi connectivity index (χ4v) is 8.35. The minimum atomic E-state index is 1.17. The van der Waals surface area contributed by atoms with Gasteiger partial charge >= 0.3 is 0 Å². The van der Waals surface area contributed by atoms with Crippen LogP contribution in [0.15, 0.2) is 65.9 Å². The monoisotopic (exact) mass is 516 g/mol. The van der Waals surface area contributed by atoms with Gasteiger partial charge in [-0.2, -0.15) is 0 Å². The van der Waals surface area contributed by atoms with Gasteiger partial charge in [-0.25, -0.2) is 0 Å². The van der Waals surface area contributed by atoms with Gasteiger partial charge in [0.25, 0.3) is 0 Å². The van der Waals surface area contributed by atoms with Gasteiger partial charge in [-0.05, 0) is 92.8 Å². The molecule has 4 aromatic heterocycles. The van der Waals surface area contributed by atoms with Crippen LogP contribution in [-0.4, -0.2) is 0 Å². The average molecular weight is 517 g/mol. The first-order chi connectivity index (χ1) is 16.6. The second-order valence-electron chi connectivity index (χ2n) is 8.21. The van der Waals surface area contributed by atoms with Gasteiger partial charge in [-0.1, -0.05) is 37.6 Å². The molecule has 0 radical (unpaired) electrons. The van der Waals surface area contributed by atoms with E-state index in [1.54, 1.807) is 0 Å². The lowest BCUT2D eigenvalue weighted by Gasteiger charge is -2.02. The number of aryl methyl sites for hydroxylation is 3. The predicted octanol–water partition coefficient (Wildman–Crippen LogP) is 10.9. The smallest absolute Gasteiger partial charge is 0.0524 e. The summed E-state index contributed by atoms with van der Waals surface area (Å²) in [6, 6.07) is 13.7. The van der Waals surface area contributed by atoms with Gasteiger partial charge in [-0.3, -0.25) is 0 Å². The lowest BCUT2D eigenvalue weighted by atomic mass is 10.1. The molecule has 0 nitrogen and oxygen atoms in total. The van der Waals surface area contributed by atoms with Gasteiger partial charge in [0.15, 0.2) is 0 Å². The molecule has 34 heavy (non-hydrogen) atoms. The maximum absolute atomic E-state index is 3.51. The van der Waals surface area contributed by atoms with E-state index in [0.29, 0.717) is 0 Å². The first kappa shape index (κ1) is 24.8. The van der Waals surface area contributed by atoms with Gasteiger partial charge in [0.1, 0.15) is 0 Å². The quantitative estimate of drug-likeness (QED) is 0.153. The normalized spacial score (nSPS) is 10.4. The van der Waals surface area contributed by atoms with Gasteiger partial charge in [0.2, 0.25) is 0 Å². The fourth-order valence-electron chi connectivity index (χ4n) is 3.92. The van der Waals surface area contributed by atoms with Crippen LogP contribution in [-0.2, 0) is 6.42 Å². The summed E-state index contributed by atoms with van der Waals surface area (Å²) in [5.41, 5.74) is 13.8. The molecule has 0 aliphatic carbocycles. The Morgan fingerprint density at radius 1 is 0.765 bits per heavy atom. The number of hydrogen-bond acceptors (Lipinski definition) is 4. The minimum absolute atomic E-state index is 1.17. The largest absolute Gasteiger partial charge is 0.139 e. The molecular formula is C30H28S4. The van der Waals surface area contributed by atoms with Crippen molar-refractivity contribution >= 4 is 51.4 Å². The lowest BCUT2D eigenvalue weighted by Crippen LogP contribution is -1.85. The Balaban J connectivity index is 1.59. The number of rotatable bonds is 9. The molecule has 0 atom stereocenters. The van der Waals surface area contributed by atoms with Gasteiger partial charge in [0.05, 0.1) is 4.88 Å². The number of thiophene rings is 4. The summed E-state index contributed by atoms with van der Waals surface area (Å²) in [6.45, 7) is 10.2. The third-order valence-electron chi connectivity index (χ3n) is 5.47. The Labute approximate surface area is 219 Å². The molecule has 0 aromatic carbocycles. The average Bonchev–Trinajstić information content (AvgIpc) is 3.60. The summed E-state index contributed by atoms with van der Waals surface area (Å²) in [5.74, 6) is 0. The van der Waals surface area contributed by atoms with Crippen LogP contribution in [0.3, 0.4) is 0 Å². The van der Waals surface area contributed by atoms with Crippen LogP contribution >= 0.6 is 45.3 Å². The molecule has 0 aliphatic rings. The van der Waals surface area contributed by atoms with Crippen molar-refractivity contribution in [1.29, 1.82) is 0 Å². The predicted molar refractivity (Wildman–Crippen MR) is 156 cm³/mol. The zero-order valence-corrected chi connectivity index (χ0v) is 23.2. The summed E-state index contributed by atoms with van der Waals surface area (Å²) in [5, 5.41) is 0. The van der Waals surface area contributed by atoms with Gasteiger partial charge < -0.3 is 0 Å². The fraction of sp³-hybridized carbons (Fsp3) is 0.267. The second-order valence-corrected chi connectivity index (χ2v) is 12.9. The molecule has 0 bridgehead atoms. The van der Waals surface area contributed by atoms with Crippen LogP contribution in [0, 0.1) is 13.8 Å². The van der Waals surface area contributed by atoms with Crippen molar-refractivity contribution in [3.05, 3.63) is 86.8 Å². The maximum atomic E-state index is 3.51. The zero-order valence-electron chi connectivity index (χ0n) is 19.9. The van der Waals surface area contributed by atoms with Crippen LogP contribution in [0.2, 0.25) is 0 Å². The molecular weight excluding hydrogens is 489 g/mol. The third kappa shape index (κ3) is 6.01. The number of hydrogen-bond donors (Lipinski definition) is 0. The van der Waals surface area contributed by atoms with Crippen molar-refractivity contribution in [2.24, 2.45) is 0 Å². The van der Waals surface area contributed by atoms with E-state index in [0.717, 1.165) is 0 Å². The van der Waals surface area contributed by atoms with Crippen LogP contribution < -0.4 is 0 Å². The van der Waals surface area contributed by atoms with Crippen molar-refractivity contribution < 1.29 is 0 Å². The molecule has 4 aromatic rings. The molecule has 0 amide bonds. The Bertz CT molecular complexity index is 1420. The van der Waals surface area contributed by atoms with Crippen molar-refractivity contribution in [3.8, 4) is 29.3 Å². The molecule has 0 aliphatic heterocycles. The van der Waals surface area contributed by atoms with E-state index in [1.165, 1.54) is 82.2 Å². The molecule has 4 heteroatoms. The maximum Gasteiger partial charge on any atom is 0.0524 e. The highest BCUT2D eigenvalue weighted by molar-refractivity contribution is 7.28. The Hall–Kier alpha value is -2.34. The summed E-state index contributed by atoms with van der Waals surface area (Å²) in [7, 11) is 0.